The normalized spacial score (nSPS) is 26.7. The van der Waals surface area contributed by atoms with E-state index in [1.54, 1.807) is 6.07 Å². The number of nitrogens with one attached hydrogen (secondary N) is 1. The Bertz CT molecular complexity index is 340. The molecule has 1 aromatic rings. The minimum absolute atomic E-state index is 0.110. The highest BCUT2D eigenvalue weighted by Gasteiger charge is 2.29. The molecule has 2 N–H and O–H groups in total. The summed E-state index contributed by atoms with van der Waals surface area (Å²) in [5.74, 6) is 0.385. The molecule has 0 radical (unpaired) electrons. The standard InChI is InChI=1S/C12H17NO/c1-9-8-10(4-5-11(9)14)12(2)6-3-7-13-12/h4-5,8,13-14H,3,6-7H2,1-2H3. The molecule has 0 saturated carbocycles. The van der Waals surface area contributed by atoms with Crippen molar-refractivity contribution >= 4 is 0 Å². The molecule has 2 rings (SSSR count). The highest BCUT2D eigenvalue weighted by molar-refractivity contribution is 5.38. The topological polar surface area (TPSA) is 32.3 Å². The zero-order valence-corrected chi connectivity index (χ0v) is 8.80. The number of phenolic OH excluding ortho intramolecular Hbond substituents is 1. The molecule has 2 heteroatoms. The summed E-state index contributed by atoms with van der Waals surface area (Å²) in [5, 5.41) is 13.0. The summed E-state index contributed by atoms with van der Waals surface area (Å²) in [4.78, 5) is 0. The summed E-state index contributed by atoms with van der Waals surface area (Å²) in [5.41, 5.74) is 2.35. The molecule has 1 aliphatic heterocycles. The van der Waals surface area contributed by atoms with Gasteiger partial charge in [-0.3, -0.25) is 0 Å². The number of hydrogen-bond acceptors (Lipinski definition) is 2. The average molecular weight is 191 g/mol. The van der Waals surface area contributed by atoms with Crippen molar-refractivity contribution in [2.24, 2.45) is 0 Å². The first-order valence-corrected chi connectivity index (χ1v) is 5.17. The van der Waals surface area contributed by atoms with Crippen molar-refractivity contribution in [3.05, 3.63) is 29.3 Å². The predicted octanol–water partition coefficient (Wildman–Crippen LogP) is 2.30. The Morgan fingerprint density at radius 3 is 2.79 bits per heavy atom. The fraction of sp³-hybridized carbons (Fsp3) is 0.500. The first-order valence-electron chi connectivity index (χ1n) is 5.17. The van der Waals surface area contributed by atoms with Gasteiger partial charge in [0, 0.05) is 5.54 Å². The molecule has 1 heterocycles. The third-order valence-electron chi connectivity index (χ3n) is 3.20. The second-order valence-electron chi connectivity index (χ2n) is 4.36. The van der Waals surface area contributed by atoms with Gasteiger partial charge in [0.2, 0.25) is 0 Å². The van der Waals surface area contributed by atoms with Gasteiger partial charge < -0.3 is 10.4 Å². The lowest BCUT2D eigenvalue weighted by atomic mass is 9.89. The van der Waals surface area contributed by atoms with Gasteiger partial charge >= 0.3 is 0 Å². The molecule has 1 aliphatic rings. The summed E-state index contributed by atoms with van der Waals surface area (Å²) in [6, 6.07) is 5.88. The van der Waals surface area contributed by atoms with Crippen molar-refractivity contribution < 1.29 is 5.11 Å². The van der Waals surface area contributed by atoms with Crippen LogP contribution in [-0.2, 0) is 5.54 Å². The quantitative estimate of drug-likeness (QED) is 0.714. The van der Waals surface area contributed by atoms with Crippen LogP contribution in [-0.4, -0.2) is 11.7 Å². The van der Waals surface area contributed by atoms with Gasteiger partial charge in [-0.1, -0.05) is 12.1 Å². The maximum Gasteiger partial charge on any atom is 0.118 e. The van der Waals surface area contributed by atoms with Gasteiger partial charge in [0.05, 0.1) is 0 Å². The van der Waals surface area contributed by atoms with Crippen LogP contribution in [0.2, 0.25) is 0 Å². The van der Waals surface area contributed by atoms with E-state index in [9.17, 15) is 5.11 Å². The smallest absolute Gasteiger partial charge is 0.118 e. The summed E-state index contributed by atoms with van der Waals surface area (Å²) in [6.07, 6.45) is 2.41. The number of hydrogen-bond donors (Lipinski definition) is 2. The van der Waals surface area contributed by atoms with E-state index in [-0.39, 0.29) is 5.54 Å². The summed E-state index contributed by atoms with van der Waals surface area (Å²) < 4.78 is 0. The lowest BCUT2D eigenvalue weighted by Crippen LogP contribution is -2.33. The summed E-state index contributed by atoms with van der Waals surface area (Å²) in [7, 11) is 0. The SMILES string of the molecule is Cc1cc(C2(C)CCCN2)ccc1O. The molecule has 1 unspecified atom stereocenters. The van der Waals surface area contributed by atoms with E-state index in [1.807, 2.05) is 13.0 Å². The van der Waals surface area contributed by atoms with E-state index in [1.165, 1.54) is 18.4 Å². The van der Waals surface area contributed by atoms with E-state index in [2.05, 4.69) is 18.3 Å². The number of aromatic hydroxyl groups is 1. The number of rotatable bonds is 1. The Hall–Kier alpha value is -1.02. The fourth-order valence-electron chi connectivity index (χ4n) is 2.14. The molecule has 1 saturated heterocycles. The van der Waals surface area contributed by atoms with Crippen LogP contribution >= 0.6 is 0 Å². The van der Waals surface area contributed by atoms with Crippen LogP contribution in [0.25, 0.3) is 0 Å². The number of aryl methyl sites for hydroxylation is 1. The molecule has 14 heavy (non-hydrogen) atoms. The Morgan fingerprint density at radius 2 is 2.21 bits per heavy atom. The Labute approximate surface area is 85.0 Å². The zero-order valence-electron chi connectivity index (χ0n) is 8.80. The molecular formula is C12H17NO. The first-order chi connectivity index (χ1) is 6.62. The molecule has 1 atom stereocenters. The monoisotopic (exact) mass is 191 g/mol. The molecule has 1 fully saturated rings. The molecule has 0 amide bonds. The lowest BCUT2D eigenvalue weighted by molar-refractivity contribution is 0.431. The summed E-state index contributed by atoms with van der Waals surface area (Å²) >= 11 is 0. The van der Waals surface area contributed by atoms with Crippen LogP contribution in [0.3, 0.4) is 0 Å². The Morgan fingerprint density at radius 1 is 1.43 bits per heavy atom. The minimum Gasteiger partial charge on any atom is -0.508 e. The Kier molecular flexibility index (Phi) is 2.23. The molecule has 76 valence electrons. The van der Waals surface area contributed by atoms with Gasteiger partial charge in [-0.2, -0.15) is 0 Å². The van der Waals surface area contributed by atoms with Crippen LogP contribution in [0, 0.1) is 6.92 Å². The van der Waals surface area contributed by atoms with Crippen LogP contribution in [0.4, 0.5) is 0 Å². The van der Waals surface area contributed by atoms with Gasteiger partial charge in [-0.25, -0.2) is 0 Å². The first kappa shape index (κ1) is 9.53. The highest BCUT2D eigenvalue weighted by Crippen LogP contribution is 2.32. The van der Waals surface area contributed by atoms with Crippen molar-refractivity contribution in [3.63, 3.8) is 0 Å². The van der Waals surface area contributed by atoms with Crippen molar-refractivity contribution in [2.45, 2.75) is 32.2 Å². The molecule has 0 bridgehead atoms. The maximum absolute atomic E-state index is 9.45. The molecule has 0 aromatic heterocycles. The second kappa shape index (κ2) is 3.28. The molecule has 0 spiro atoms. The average Bonchev–Trinajstić information content (AvgIpc) is 2.58. The van der Waals surface area contributed by atoms with E-state index >= 15 is 0 Å². The predicted molar refractivity (Wildman–Crippen MR) is 57.4 cm³/mol. The third kappa shape index (κ3) is 1.50. The van der Waals surface area contributed by atoms with Crippen LogP contribution in [0.15, 0.2) is 18.2 Å². The van der Waals surface area contributed by atoms with Crippen molar-refractivity contribution in [1.82, 2.24) is 5.32 Å². The van der Waals surface area contributed by atoms with Crippen LogP contribution in [0.1, 0.15) is 30.9 Å². The van der Waals surface area contributed by atoms with Gasteiger partial charge in [0.1, 0.15) is 5.75 Å². The fourth-order valence-corrected chi connectivity index (χ4v) is 2.14. The van der Waals surface area contributed by atoms with Gasteiger partial charge in [0.15, 0.2) is 0 Å². The van der Waals surface area contributed by atoms with Crippen LogP contribution in [0.5, 0.6) is 5.75 Å². The lowest BCUT2D eigenvalue weighted by Gasteiger charge is -2.25. The van der Waals surface area contributed by atoms with E-state index in [4.69, 9.17) is 0 Å². The highest BCUT2D eigenvalue weighted by atomic mass is 16.3. The third-order valence-corrected chi connectivity index (χ3v) is 3.20. The molecular weight excluding hydrogens is 174 g/mol. The van der Waals surface area contributed by atoms with E-state index < -0.39 is 0 Å². The molecule has 0 aliphatic carbocycles. The van der Waals surface area contributed by atoms with E-state index in [0.717, 1.165) is 12.1 Å². The largest absolute Gasteiger partial charge is 0.508 e. The van der Waals surface area contributed by atoms with Crippen molar-refractivity contribution in [2.75, 3.05) is 6.54 Å². The van der Waals surface area contributed by atoms with E-state index in [0.29, 0.717) is 5.75 Å². The van der Waals surface area contributed by atoms with Gasteiger partial charge in [0.25, 0.3) is 0 Å². The maximum atomic E-state index is 9.45. The van der Waals surface area contributed by atoms with Gasteiger partial charge in [-0.15, -0.1) is 0 Å². The molecule has 1 aromatic carbocycles. The second-order valence-corrected chi connectivity index (χ2v) is 4.36. The van der Waals surface area contributed by atoms with Crippen molar-refractivity contribution in [3.8, 4) is 5.75 Å². The zero-order chi connectivity index (χ0) is 10.2. The number of benzene rings is 1. The number of phenols is 1. The minimum atomic E-state index is 0.110. The molecule has 2 nitrogen and oxygen atoms in total. The van der Waals surface area contributed by atoms with Crippen molar-refractivity contribution in [1.29, 1.82) is 0 Å². The Balaban J connectivity index is 2.36. The summed E-state index contributed by atoms with van der Waals surface area (Å²) in [6.45, 7) is 5.26. The van der Waals surface area contributed by atoms with Gasteiger partial charge in [-0.05, 0) is 50.4 Å². The van der Waals surface area contributed by atoms with Crippen LogP contribution < -0.4 is 5.32 Å².